The summed E-state index contributed by atoms with van der Waals surface area (Å²) in [4.78, 5) is 21.2. The minimum absolute atomic E-state index is 0.213. The Balaban J connectivity index is 1.23. The number of anilines is 1. The molecule has 0 bridgehead atoms. The first-order chi connectivity index (χ1) is 16.9. The topological polar surface area (TPSA) is 100 Å². The van der Waals surface area contributed by atoms with E-state index >= 15 is 0 Å². The molecule has 0 saturated carbocycles. The molecule has 2 aromatic carbocycles. The van der Waals surface area contributed by atoms with Gasteiger partial charge in [-0.2, -0.15) is 10.1 Å². The van der Waals surface area contributed by atoms with Crippen LogP contribution in [0.25, 0.3) is 11.9 Å². The van der Waals surface area contributed by atoms with Gasteiger partial charge in [0.25, 0.3) is 0 Å². The second-order valence-electron chi connectivity index (χ2n) is 8.01. The molecule has 5 rings (SSSR count). The third kappa shape index (κ3) is 5.14. The fourth-order valence-electron chi connectivity index (χ4n) is 3.65. The summed E-state index contributed by atoms with van der Waals surface area (Å²) in [5, 5.41) is 7.30. The van der Waals surface area contributed by atoms with Gasteiger partial charge < -0.3 is 19.5 Å². The Morgan fingerprint density at radius 3 is 2.57 bits per heavy atom. The third-order valence-corrected chi connectivity index (χ3v) is 5.20. The van der Waals surface area contributed by atoms with E-state index in [-0.39, 0.29) is 12.7 Å². The van der Waals surface area contributed by atoms with E-state index in [1.165, 1.54) is 6.08 Å². The fourth-order valence-corrected chi connectivity index (χ4v) is 3.65. The molecule has 0 unspecified atom stereocenters. The Hall–Kier alpha value is -4.66. The summed E-state index contributed by atoms with van der Waals surface area (Å²) in [7, 11) is 0. The number of carbonyl (C=O) groups excluding carboxylic acids is 1. The van der Waals surface area contributed by atoms with Gasteiger partial charge in [-0.05, 0) is 74.9 Å². The lowest BCUT2D eigenvalue weighted by Gasteiger charge is -2.09. The maximum absolute atomic E-state index is 12.3. The molecule has 3 heterocycles. The number of amides is 1. The monoisotopic (exact) mass is 469 g/mol. The second kappa shape index (κ2) is 9.30. The van der Waals surface area contributed by atoms with Crippen molar-refractivity contribution >= 4 is 17.7 Å². The highest BCUT2D eigenvalue weighted by atomic mass is 16.7. The van der Waals surface area contributed by atoms with Crippen LogP contribution < -0.4 is 19.5 Å². The van der Waals surface area contributed by atoms with Crippen molar-refractivity contribution in [3.05, 3.63) is 83.4 Å². The van der Waals surface area contributed by atoms with Crippen molar-refractivity contribution in [2.75, 3.05) is 12.1 Å². The molecule has 176 valence electrons. The molecule has 2 aromatic heterocycles. The molecule has 9 heteroatoms. The Labute approximate surface area is 202 Å². The van der Waals surface area contributed by atoms with Gasteiger partial charge in [-0.25, -0.2) is 9.67 Å². The van der Waals surface area contributed by atoms with Crippen molar-refractivity contribution < 1.29 is 19.0 Å². The van der Waals surface area contributed by atoms with E-state index in [0.29, 0.717) is 40.5 Å². The maximum atomic E-state index is 12.3. The predicted molar refractivity (Wildman–Crippen MR) is 130 cm³/mol. The van der Waals surface area contributed by atoms with E-state index in [1.54, 1.807) is 48.0 Å². The first kappa shape index (κ1) is 22.1. The normalized spacial score (nSPS) is 12.2. The number of rotatable bonds is 6. The minimum Gasteiger partial charge on any atom is -0.454 e. The molecule has 0 spiro atoms. The molecule has 1 amide bonds. The van der Waals surface area contributed by atoms with Gasteiger partial charge >= 0.3 is 0 Å². The average Bonchev–Trinajstić information content (AvgIpc) is 3.43. The Morgan fingerprint density at radius 2 is 1.80 bits per heavy atom. The molecule has 0 aliphatic carbocycles. The number of ether oxygens (including phenoxy) is 3. The largest absolute Gasteiger partial charge is 0.454 e. The lowest BCUT2D eigenvalue weighted by molar-refractivity contribution is -0.111. The molecule has 35 heavy (non-hydrogen) atoms. The standard InChI is InChI=1S/C26H23N5O4/c1-16-12-17(2)31(30-16)24-14-26(28-18(3)27-24)35-21-8-6-20(7-9-21)29-25(32)11-5-19-4-10-22-23(13-19)34-15-33-22/h4-14H,15H2,1-3H3,(H,29,32)/b11-5+. The zero-order chi connectivity index (χ0) is 24.4. The van der Waals surface area contributed by atoms with E-state index in [2.05, 4.69) is 20.4 Å². The summed E-state index contributed by atoms with van der Waals surface area (Å²) in [5.74, 6) is 3.31. The van der Waals surface area contributed by atoms with Crippen molar-refractivity contribution in [1.82, 2.24) is 19.7 Å². The van der Waals surface area contributed by atoms with Crippen molar-refractivity contribution in [2.24, 2.45) is 0 Å². The van der Waals surface area contributed by atoms with Crippen molar-refractivity contribution in [1.29, 1.82) is 0 Å². The van der Waals surface area contributed by atoms with Gasteiger partial charge in [-0.1, -0.05) is 6.07 Å². The van der Waals surface area contributed by atoms with Crippen LogP contribution in [0.1, 0.15) is 22.8 Å². The van der Waals surface area contributed by atoms with E-state index in [9.17, 15) is 4.79 Å². The minimum atomic E-state index is -0.253. The zero-order valence-electron chi connectivity index (χ0n) is 19.5. The molecule has 1 N–H and O–H groups in total. The molecular formula is C26H23N5O4. The van der Waals surface area contributed by atoms with Crippen LogP contribution >= 0.6 is 0 Å². The molecular weight excluding hydrogens is 446 g/mol. The second-order valence-corrected chi connectivity index (χ2v) is 8.01. The molecule has 0 radical (unpaired) electrons. The van der Waals surface area contributed by atoms with Gasteiger partial charge in [0.15, 0.2) is 17.3 Å². The highest BCUT2D eigenvalue weighted by molar-refractivity contribution is 6.02. The third-order valence-electron chi connectivity index (χ3n) is 5.20. The van der Waals surface area contributed by atoms with Crippen LogP contribution in [0, 0.1) is 20.8 Å². The molecule has 9 nitrogen and oxygen atoms in total. The van der Waals surface area contributed by atoms with Crippen LogP contribution in [0.5, 0.6) is 23.1 Å². The van der Waals surface area contributed by atoms with Crippen LogP contribution in [-0.4, -0.2) is 32.4 Å². The zero-order valence-corrected chi connectivity index (χ0v) is 19.5. The van der Waals surface area contributed by atoms with Crippen LogP contribution in [0.2, 0.25) is 0 Å². The summed E-state index contributed by atoms with van der Waals surface area (Å²) in [6.07, 6.45) is 3.18. The number of aryl methyl sites for hydroxylation is 3. The number of carbonyl (C=O) groups is 1. The molecule has 0 atom stereocenters. The highest BCUT2D eigenvalue weighted by Crippen LogP contribution is 2.32. The average molecular weight is 470 g/mol. The van der Waals surface area contributed by atoms with E-state index in [4.69, 9.17) is 14.2 Å². The maximum Gasteiger partial charge on any atom is 0.248 e. The van der Waals surface area contributed by atoms with Crippen molar-refractivity contribution in [3.8, 4) is 28.9 Å². The molecule has 1 aliphatic rings. The van der Waals surface area contributed by atoms with Gasteiger partial charge in [0.05, 0.1) is 5.69 Å². The highest BCUT2D eigenvalue weighted by Gasteiger charge is 2.13. The van der Waals surface area contributed by atoms with Crippen molar-refractivity contribution in [3.63, 3.8) is 0 Å². The fraction of sp³-hybridized carbons (Fsp3) is 0.154. The molecule has 1 aliphatic heterocycles. The quantitative estimate of drug-likeness (QED) is 0.406. The Bertz CT molecular complexity index is 1430. The lowest BCUT2D eigenvalue weighted by Crippen LogP contribution is -2.07. The number of nitrogens with zero attached hydrogens (tertiary/aromatic N) is 4. The van der Waals surface area contributed by atoms with Gasteiger partial charge in [0, 0.05) is 23.5 Å². The van der Waals surface area contributed by atoms with Gasteiger partial charge in [-0.3, -0.25) is 4.79 Å². The molecule has 4 aromatic rings. The van der Waals surface area contributed by atoms with Crippen LogP contribution in [0.4, 0.5) is 5.69 Å². The van der Waals surface area contributed by atoms with Gasteiger partial charge in [0.2, 0.25) is 18.6 Å². The SMILES string of the molecule is Cc1cc(C)n(-c2cc(Oc3ccc(NC(=O)/C=C/c4ccc5c(c4)OCO5)cc3)nc(C)n2)n1. The summed E-state index contributed by atoms with van der Waals surface area (Å²) < 4.78 is 18.3. The van der Waals surface area contributed by atoms with Crippen molar-refractivity contribution in [2.45, 2.75) is 20.8 Å². The summed E-state index contributed by atoms with van der Waals surface area (Å²) >= 11 is 0. The summed E-state index contributed by atoms with van der Waals surface area (Å²) in [6.45, 7) is 5.92. The van der Waals surface area contributed by atoms with E-state index in [1.807, 2.05) is 38.1 Å². The number of hydrogen-bond donors (Lipinski definition) is 1. The van der Waals surface area contributed by atoms with Gasteiger partial charge in [-0.15, -0.1) is 0 Å². The van der Waals surface area contributed by atoms with E-state index in [0.717, 1.165) is 17.0 Å². The number of hydrogen-bond acceptors (Lipinski definition) is 7. The van der Waals surface area contributed by atoms with Crippen LogP contribution in [0.15, 0.2) is 60.7 Å². The first-order valence-electron chi connectivity index (χ1n) is 11.0. The lowest BCUT2D eigenvalue weighted by atomic mass is 10.2. The van der Waals surface area contributed by atoms with Gasteiger partial charge in [0.1, 0.15) is 11.6 Å². The smallest absolute Gasteiger partial charge is 0.248 e. The summed E-state index contributed by atoms with van der Waals surface area (Å²) in [6, 6.07) is 16.3. The molecule has 0 fully saturated rings. The first-order valence-corrected chi connectivity index (χ1v) is 11.0. The van der Waals surface area contributed by atoms with Crippen LogP contribution in [0.3, 0.4) is 0 Å². The summed E-state index contributed by atoms with van der Waals surface area (Å²) in [5.41, 5.74) is 3.36. The Kier molecular flexibility index (Phi) is 5.88. The number of aromatic nitrogens is 4. The Morgan fingerprint density at radius 1 is 1.00 bits per heavy atom. The number of fused-ring (bicyclic) bond motifs is 1. The number of benzene rings is 2. The predicted octanol–water partition coefficient (Wildman–Crippen LogP) is 4.76. The van der Waals surface area contributed by atoms with E-state index < -0.39 is 0 Å². The number of nitrogens with one attached hydrogen (secondary N) is 1. The van der Waals surface area contributed by atoms with Crippen LogP contribution in [-0.2, 0) is 4.79 Å². The molecule has 0 saturated heterocycles.